The van der Waals surface area contributed by atoms with Crippen molar-refractivity contribution in [1.82, 2.24) is 0 Å². The lowest BCUT2D eigenvalue weighted by Crippen LogP contribution is -1.92. The van der Waals surface area contributed by atoms with Crippen molar-refractivity contribution < 1.29 is 10.2 Å². The summed E-state index contributed by atoms with van der Waals surface area (Å²) >= 11 is 0. The smallest absolute Gasteiger partial charge is 0.127 e. The molecule has 2 nitrogen and oxygen atoms in total. The van der Waals surface area contributed by atoms with Crippen LogP contribution < -0.4 is 0 Å². The summed E-state index contributed by atoms with van der Waals surface area (Å²) in [5.41, 5.74) is 7.20. The van der Waals surface area contributed by atoms with Crippen LogP contribution in [-0.4, -0.2) is 10.2 Å². The van der Waals surface area contributed by atoms with E-state index in [0.29, 0.717) is 17.2 Å². The van der Waals surface area contributed by atoms with Gasteiger partial charge in [0, 0.05) is 16.3 Å². The van der Waals surface area contributed by atoms with Crippen LogP contribution in [0.25, 0.3) is 10.8 Å². The van der Waals surface area contributed by atoms with Gasteiger partial charge in [0.05, 0.1) is 0 Å². The second-order valence-electron chi connectivity index (χ2n) is 9.60. The molecular weight excluding hydrogens is 404 g/mol. The van der Waals surface area contributed by atoms with E-state index in [-0.39, 0.29) is 11.5 Å². The van der Waals surface area contributed by atoms with E-state index in [1.165, 1.54) is 22.3 Å². The van der Waals surface area contributed by atoms with Gasteiger partial charge in [0.25, 0.3) is 0 Å². The Morgan fingerprint density at radius 1 is 0.667 bits per heavy atom. The van der Waals surface area contributed by atoms with Crippen LogP contribution in [0.4, 0.5) is 0 Å². The summed E-state index contributed by atoms with van der Waals surface area (Å²) in [7, 11) is 0. The van der Waals surface area contributed by atoms with Gasteiger partial charge in [-0.15, -0.1) is 0 Å². The first-order valence-corrected chi connectivity index (χ1v) is 12.2. The van der Waals surface area contributed by atoms with Gasteiger partial charge in [-0.05, 0) is 92.1 Å². The average molecular weight is 447 g/mol. The van der Waals surface area contributed by atoms with E-state index in [1.54, 1.807) is 0 Å². The van der Waals surface area contributed by atoms with Crippen molar-refractivity contribution in [2.24, 2.45) is 0 Å². The van der Waals surface area contributed by atoms with Crippen LogP contribution in [0.3, 0.4) is 0 Å². The lowest BCUT2D eigenvalue weighted by atomic mass is 9.95. The molecule has 0 aliphatic carbocycles. The van der Waals surface area contributed by atoms with Gasteiger partial charge in [-0.3, -0.25) is 0 Å². The van der Waals surface area contributed by atoms with Crippen molar-refractivity contribution in [2.75, 3.05) is 0 Å². The molecule has 0 amide bonds. The fourth-order valence-electron chi connectivity index (χ4n) is 4.09. The Bertz CT molecular complexity index is 1060. The van der Waals surface area contributed by atoms with Crippen LogP contribution in [0.1, 0.15) is 84.3 Å². The quantitative estimate of drug-likeness (QED) is 0.267. The predicted molar refractivity (Wildman–Crippen MR) is 144 cm³/mol. The average Bonchev–Trinajstić information content (AvgIpc) is 2.77. The Hall–Kier alpha value is -2.74. The highest BCUT2D eigenvalue weighted by atomic mass is 16.3. The highest BCUT2D eigenvalue weighted by Gasteiger charge is 2.14. The number of hydrogen-bond acceptors (Lipinski definition) is 2. The molecule has 33 heavy (non-hydrogen) atoms. The summed E-state index contributed by atoms with van der Waals surface area (Å²) < 4.78 is 0. The van der Waals surface area contributed by atoms with Gasteiger partial charge in [0.15, 0.2) is 0 Å². The van der Waals surface area contributed by atoms with Crippen molar-refractivity contribution in [3.8, 4) is 11.5 Å². The molecule has 0 spiro atoms. The molecule has 0 saturated carbocycles. The molecule has 2 aromatic carbocycles. The molecule has 0 aromatic heterocycles. The molecule has 2 N–H and O–H groups in total. The van der Waals surface area contributed by atoms with E-state index in [4.69, 9.17) is 0 Å². The van der Waals surface area contributed by atoms with Gasteiger partial charge in [-0.25, -0.2) is 0 Å². The molecule has 0 heterocycles. The Balaban J connectivity index is 1.87. The van der Waals surface area contributed by atoms with E-state index in [9.17, 15) is 10.2 Å². The summed E-state index contributed by atoms with van der Waals surface area (Å²) in [5, 5.41) is 22.7. The third-order valence-electron chi connectivity index (χ3n) is 6.34. The van der Waals surface area contributed by atoms with Gasteiger partial charge >= 0.3 is 0 Å². The second kappa shape index (κ2) is 13.1. The fourth-order valence-corrected chi connectivity index (χ4v) is 4.09. The molecule has 0 atom stereocenters. The molecule has 0 aliphatic rings. The lowest BCUT2D eigenvalue weighted by Gasteiger charge is -2.13. The van der Waals surface area contributed by atoms with Gasteiger partial charge in [-0.2, -0.15) is 0 Å². The lowest BCUT2D eigenvalue weighted by molar-refractivity contribution is 0.461. The number of benzene rings is 2. The molecule has 0 saturated heterocycles. The van der Waals surface area contributed by atoms with E-state index >= 15 is 0 Å². The number of rotatable bonds is 11. The topological polar surface area (TPSA) is 40.5 Å². The molecule has 2 heteroatoms. The number of allylic oxidation sites excluding steroid dienone is 8. The summed E-state index contributed by atoms with van der Waals surface area (Å²) in [5.74, 6) is 0.550. The fraction of sp³-hybridized carbons (Fsp3) is 0.419. The minimum absolute atomic E-state index is 0.268. The van der Waals surface area contributed by atoms with E-state index < -0.39 is 0 Å². The van der Waals surface area contributed by atoms with E-state index in [1.807, 2.05) is 31.2 Å². The largest absolute Gasteiger partial charge is 0.507 e. The Labute approximate surface area is 201 Å². The molecule has 0 fully saturated rings. The van der Waals surface area contributed by atoms with Crippen LogP contribution in [0.15, 0.2) is 70.9 Å². The molecule has 0 aliphatic heterocycles. The zero-order valence-electron chi connectivity index (χ0n) is 21.5. The van der Waals surface area contributed by atoms with Crippen LogP contribution >= 0.6 is 0 Å². The van der Waals surface area contributed by atoms with Gasteiger partial charge in [-0.1, -0.05) is 70.9 Å². The van der Waals surface area contributed by atoms with Crippen molar-refractivity contribution in [3.05, 3.63) is 82.0 Å². The van der Waals surface area contributed by atoms with Crippen molar-refractivity contribution >= 4 is 10.8 Å². The van der Waals surface area contributed by atoms with Crippen LogP contribution in [0.2, 0.25) is 0 Å². The maximum Gasteiger partial charge on any atom is 0.127 e. The zero-order chi connectivity index (χ0) is 24.4. The highest BCUT2D eigenvalue weighted by molar-refractivity contribution is 5.95. The van der Waals surface area contributed by atoms with Gasteiger partial charge in [0.1, 0.15) is 11.5 Å². The molecule has 0 bridgehead atoms. The number of aromatic hydroxyl groups is 2. The van der Waals surface area contributed by atoms with Gasteiger partial charge < -0.3 is 10.2 Å². The normalized spacial score (nSPS) is 13.0. The minimum Gasteiger partial charge on any atom is -0.507 e. The first-order chi connectivity index (χ1) is 15.7. The van der Waals surface area contributed by atoms with Crippen LogP contribution in [0, 0.1) is 6.92 Å². The van der Waals surface area contributed by atoms with Crippen molar-refractivity contribution in [1.29, 1.82) is 0 Å². The maximum absolute atomic E-state index is 10.8. The number of fused-ring (bicyclic) bond motifs is 1. The first-order valence-electron chi connectivity index (χ1n) is 12.2. The Kier molecular flexibility index (Phi) is 10.5. The predicted octanol–water partition coefficient (Wildman–Crippen LogP) is 9.25. The number of phenolic OH excluding ortho intramolecular Hbond substituents is 2. The SMILES string of the molecule is CC(C)=CCC/C(C)=C/CC/C(C)=C/CC/C(C)=C/Cc1c(C)c(O)c2ccccc2c1O. The van der Waals surface area contributed by atoms with E-state index in [2.05, 4.69) is 58.9 Å². The highest BCUT2D eigenvalue weighted by Crippen LogP contribution is 2.39. The monoisotopic (exact) mass is 446 g/mol. The summed E-state index contributed by atoms with van der Waals surface area (Å²) in [6, 6.07) is 7.47. The van der Waals surface area contributed by atoms with Crippen molar-refractivity contribution in [2.45, 2.75) is 86.5 Å². The first kappa shape index (κ1) is 26.5. The third-order valence-corrected chi connectivity index (χ3v) is 6.34. The summed E-state index contributed by atoms with van der Waals surface area (Å²) in [4.78, 5) is 0. The molecular formula is C31H42O2. The third kappa shape index (κ3) is 8.28. The molecule has 0 unspecified atom stereocenters. The molecule has 2 rings (SSSR count). The number of hydrogen-bond donors (Lipinski definition) is 2. The standard InChI is InChI=1S/C31H42O2/c1-22(2)12-9-13-23(3)14-10-15-24(4)16-11-17-25(5)20-21-27-26(6)30(32)28-18-7-8-19-29(28)31(27)33/h7-8,12,14,16,18-20,32-33H,9-11,13,15,17,21H2,1-6H3/b23-14+,24-16+,25-20+. The summed E-state index contributed by atoms with van der Waals surface area (Å²) in [6.45, 7) is 12.8. The summed E-state index contributed by atoms with van der Waals surface area (Å²) in [6.07, 6.45) is 16.4. The Morgan fingerprint density at radius 2 is 1.12 bits per heavy atom. The second-order valence-corrected chi connectivity index (χ2v) is 9.60. The molecule has 2 aromatic rings. The van der Waals surface area contributed by atoms with Crippen LogP contribution in [0.5, 0.6) is 11.5 Å². The maximum atomic E-state index is 10.8. The number of phenols is 2. The molecule has 0 radical (unpaired) electrons. The van der Waals surface area contributed by atoms with E-state index in [0.717, 1.165) is 49.7 Å². The zero-order valence-corrected chi connectivity index (χ0v) is 21.5. The minimum atomic E-state index is 0.268. The Morgan fingerprint density at radius 3 is 1.64 bits per heavy atom. The van der Waals surface area contributed by atoms with Gasteiger partial charge in [0.2, 0.25) is 0 Å². The molecule has 178 valence electrons. The van der Waals surface area contributed by atoms with Crippen LogP contribution in [-0.2, 0) is 6.42 Å². The van der Waals surface area contributed by atoms with Crippen molar-refractivity contribution in [3.63, 3.8) is 0 Å².